The van der Waals surface area contributed by atoms with E-state index in [1.165, 1.54) is 0 Å². The van der Waals surface area contributed by atoms with Crippen molar-refractivity contribution in [3.8, 4) is 0 Å². The summed E-state index contributed by atoms with van der Waals surface area (Å²) < 4.78 is 1.05. The van der Waals surface area contributed by atoms with Crippen molar-refractivity contribution in [3.05, 3.63) is 21.3 Å². The van der Waals surface area contributed by atoms with Gasteiger partial charge >= 0.3 is 7.12 Å². The van der Waals surface area contributed by atoms with Gasteiger partial charge in [0.25, 0.3) is 0 Å². The Bertz CT molecular complexity index is 248. The van der Waals surface area contributed by atoms with Gasteiger partial charge in [0, 0.05) is 16.1 Å². The van der Waals surface area contributed by atoms with Crippen LogP contribution in [0, 0.1) is 0 Å². The van der Waals surface area contributed by atoms with Crippen molar-refractivity contribution in [2.24, 2.45) is 0 Å². The number of rotatable bonds is 1. The molecule has 0 aliphatic carbocycles. The van der Waals surface area contributed by atoms with Gasteiger partial charge in [-0.1, -0.05) is 15.9 Å². The van der Waals surface area contributed by atoms with Crippen LogP contribution in [0.2, 0.25) is 0 Å². The van der Waals surface area contributed by atoms with E-state index in [2.05, 4.69) is 36.8 Å². The van der Waals surface area contributed by atoms with Crippen LogP contribution in [0.3, 0.4) is 0 Å². The molecule has 1 aromatic heterocycles. The largest absolute Gasteiger partial charge is 0.492 e. The second kappa shape index (κ2) is 3.66. The van der Waals surface area contributed by atoms with Crippen molar-refractivity contribution < 1.29 is 10.0 Å². The molecule has 11 heavy (non-hydrogen) atoms. The first kappa shape index (κ1) is 9.19. The number of pyridine rings is 1. The number of nitrogens with zero attached hydrogens (tertiary/aromatic N) is 1. The van der Waals surface area contributed by atoms with Gasteiger partial charge in [-0.3, -0.25) is 0 Å². The van der Waals surface area contributed by atoms with Gasteiger partial charge in [0.15, 0.2) is 0 Å². The fraction of sp³-hybridized carbons (Fsp3) is 0. The van der Waals surface area contributed by atoms with Crippen LogP contribution >= 0.6 is 31.9 Å². The van der Waals surface area contributed by atoms with Gasteiger partial charge in [-0.05, 0) is 22.0 Å². The molecule has 0 aliphatic rings. The lowest BCUT2D eigenvalue weighted by atomic mass is 9.82. The summed E-state index contributed by atoms with van der Waals surface area (Å²) in [6.07, 6.45) is 1.56. The summed E-state index contributed by atoms with van der Waals surface area (Å²) in [5.74, 6) is 0. The lowest BCUT2D eigenvalue weighted by Gasteiger charge is -2.03. The first-order valence-corrected chi connectivity index (χ1v) is 4.37. The number of halogens is 2. The fourth-order valence-electron chi connectivity index (χ4n) is 0.656. The van der Waals surface area contributed by atoms with E-state index < -0.39 is 7.12 Å². The Morgan fingerprint density at radius 3 is 2.36 bits per heavy atom. The maximum Gasteiger partial charge on any atom is 0.492 e. The summed E-state index contributed by atoms with van der Waals surface area (Å²) in [6, 6.07) is 1.64. The average Bonchev–Trinajstić information content (AvgIpc) is 1.85. The van der Waals surface area contributed by atoms with Gasteiger partial charge in [-0.15, -0.1) is 0 Å². The van der Waals surface area contributed by atoms with E-state index in [0.29, 0.717) is 14.5 Å². The molecule has 6 heteroatoms. The van der Waals surface area contributed by atoms with Gasteiger partial charge in [-0.25, -0.2) is 4.98 Å². The molecule has 0 saturated carbocycles. The van der Waals surface area contributed by atoms with E-state index in [1.807, 2.05) is 0 Å². The van der Waals surface area contributed by atoms with E-state index in [-0.39, 0.29) is 0 Å². The van der Waals surface area contributed by atoms with Crippen molar-refractivity contribution in [2.75, 3.05) is 0 Å². The molecule has 0 atom stereocenters. The second-order valence-corrected chi connectivity index (χ2v) is 3.48. The number of hydrogen-bond acceptors (Lipinski definition) is 3. The van der Waals surface area contributed by atoms with E-state index >= 15 is 0 Å². The highest BCUT2D eigenvalue weighted by Crippen LogP contribution is 2.11. The van der Waals surface area contributed by atoms with Crippen molar-refractivity contribution in [1.82, 2.24) is 4.98 Å². The molecular formula is C5H4BBr2NO2. The Morgan fingerprint density at radius 1 is 1.36 bits per heavy atom. The topological polar surface area (TPSA) is 53.4 Å². The van der Waals surface area contributed by atoms with Gasteiger partial charge < -0.3 is 10.0 Å². The summed E-state index contributed by atoms with van der Waals surface area (Å²) in [4.78, 5) is 3.83. The molecule has 1 aromatic rings. The third-order valence-electron chi connectivity index (χ3n) is 1.15. The summed E-state index contributed by atoms with van der Waals surface area (Å²) in [6.45, 7) is 0. The molecule has 0 aliphatic heterocycles. The lowest BCUT2D eigenvalue weighted by molar-refractivity contribution is 0.425. The zero-order valence-corrected chi connectivity index (χ0v) is 8.50. The Balaban J connectivity index is 3.21. The van der Waals surface area contributed by atoms with Crippen molar-refractivity contribution in [3.63, 3.8) is 0 Å². The SMILES string of the molecule is OB(O)c1c(Br)ccnc1Br. The zero-order valence-electron chi connectivity index (χ0n) is 5.33. The maximum atomic E-state index is 8.84. The highest BCUT2D eigenvalue weighted by Gasteiger charge is 2.18. The molecule has 1 rings (SSSR count). The minimum Gasteiger partial charge on any atom is -0.423 e. The molecule has 0 spiro atoms. The van der Waals surface area contributed by atoms with Crippen LogP contribution < -0.4 is 5.46 Å². The summed E-state index contributed by atoms with van der Waals surface area (Å²) in [7, 11) is -1.51. The third-order valence-corrected chi connectivity index (χ3v) is 2.47. The van der Waals surface area contributed by atoms with Gasteiger partial charge in [-0.2, -0.15) is 0 Å². The van der Waals surface area contributed by atoms with Crippen molar-refractivity contribution in [1.29, 1.82) is 0 Å². The van der Waals surface area contributed by atoms with Crippen LogP contribution in [-0.2, 0) is 0 Å². The predicted octanol–water partition coefficient (Wildman–Crippen LogP) is 0.286. The third kappa shape index (κ3) is 2.02. The number of hydrogen-bond donors (Lipinski definition) is 2. The summed E-state index contributed by atoms with van der Waals surface area (Å²) in [5, 5.41) is 17.7. The molecule has 0 aromatic carbocycles. The smallest absolute Gasteiger partial charge is 0.423 e. The van der Waals surface area contributed by atoms with Crippen LogP contribution in [0.1, 0.15) is 0 Å². The van der Waals surface area contributed by atoms with E-state index in [0.717, 1.165) is 0 Å². The fourth-order valence-corrected chi connectivity index (χ4v) is 1.97. The molecule has 0 fully saturated rings. The van der Waals surface area contributed by atoms with E-state index in [1.54, 1.807) is 12.3 Å². The highest BCUT2D eigenvalue weighted by molar-refractivity contribution is 9.11. The standard InChI is InChI=1S/C5H4BBr2NO2/c7-3-1-2-9-5(8)4(3)6(10)11/h1-2,10-11H. The molecule has 0 bridgehead atoms. The van der Waals surface area contributed by atoms with Gasteiger partial charge in [0.05, 0.1) is 0 Å². The lowest BCUT2D eigenvalue weighted by Crippen LogP contribution is -2.32. The highest BCUT2D eigenvalue weighted by atomic mass is 79.9. The van der Waals surface area contributed by atoms with Crippen LogP contribution in [0.4, 0.5) is 0 Å². The number of aromatic nitrogens is 1. The Morgan fingerprint density at radius 2 is 2.00 bits per heavy atom. The molecular weight excluding hydrogens is 277 g/mol. The first-order chi connectivity index (χ1) is 5.13. The molecule has 58 valence electrons. The molecule has 2 N–H and O–H groups in total. The summed E-state index contributed by atoms with van der Waals surface area (Å²) in [5.41, 5.74) is 0.340. The Kier molecular flexibility index (Phi) is 3.06. The molecule has 0 amide bonds. The second-order valence-electron chi connectivity index (χ2n) is 1.87. The van der Waals surface area contributed by atoms with Crippen LogP contribution in [0.15, 0.2) is 21.3 Å². The average molecular weight is 281 g/mol. The minimum absolute atomic E-state index is 0.340. The molecule has 0 unspecified atom stereocenters. The Labute approximate surface area is 80.9 Å². The van der Waals surface area contributed by atoms with Crippen molar-refractivity contribution in [2.45, 2.75) is 0 Å². The quantitative estimate of drug-likeness (QED) is 0.574. The van der Waals surface area contributed by atoms with Gasteiger partial charge in [0.2, 0.25) is 0 Å². The first-order valence-electron chi connectivity index (χ1n) is 2.79. The maximum absolute atomic E-state index is 8.84. The Hall–Kier alpha value is 0.0949. The normalized spacial score (nSPS) is 9.82. The monoisotopic (exact) mass is 279 g/mol. The molecule has 1 heterocycles. The molecule has 0 radical (unpaired) electrons. The zero-order chi connectivity index (χ0) is 8.43. The van der Waals surface area contributed by atoms with Crippen LogP contribution in [0.5, 0.6) is 0 Å². The van der Waals surface area contributed by atoms with Crippen LogP contribution in [-0.4, -0.2) is 22.2 Å². The molecule has 3 nitrogen and oxygen atoms in total. The van der Waals surface area contributed by atoms with E-state index in [4.69, 9.17) is 10.0 Å². The predicted molar refractivity (Wildman–Crippen MR) is 49.5 cm³/mol. The molecule has 0 saturated heterocycles. The van der Waals surface area contributed by atoms with E-state index in [9.17, 15) is 0 Å². The van der Waals surface area contributed by atoms with Crippen LogP contribution in [0.25, 0.3) is 0 Å². The van der Waals surface area contributed by atoms with Crippen molar-refractivity contribution >= 4 is 44.4 Å². The summed E-state index contributed by atoms with van der Waals surface area (Å²) >= 11 is 6.24. The minimum atomic E-state index is -1.51. The van der Waals surface area contributed by atoms with Gasteiger partial charge in [0.1, 0.15) is 4.60 Å².